The van der Waals surface area contributed by atoms with Gasteiger partial charge in [0.05, 0.1) is 6.10 Å². The first-order valence-corrected chi connectivity index (χ1v) is 11.2. The molecule has 0 saturated carbocycles. The number of ether oxygens (including phenoxy) is 1. The van der Waals surface area contributed by atoms with Crippen molar-refractivity contribution < 1.29 is 9.53 Å². The molecule has 30 heavy (non-hydrogen) atoms. The zero-order valence-corrected chi connectivity index (χ0v) is 18.3. The lowest BCUT2D eigenvalue weighted by molar-refractivity contribution is 0.0724. The Morgan fingerprint density at radius 1 is 1.17 bits per heavy atom. The van der Waals surface area contributed by atoms with E-state index >= 15 is 0 Å². The number of nitrogens with one attached hydrogen (secondary N) is 2. The molecule has 0 bridgehead atoms. The fourth-order valence-corrected chi connectivity index (χ4v) is 3.75. The molecule has 0 unspecified atom stereocenters. The molecule has 1 aliphatic heterocycles. The fraction of sp³-hybridized carbons (Fsp3) is 0.480. The number of amides is 1. The standard InChI is InChI=1S/C25H35N3O2/c1-20(2)30-24-11-7-10-23(12-13-24)27-15-14-26-19-21-8-6-9-22(18-21)25(29)28-16-4-3-5-17-28/h6-12,18,20,26-27H,3-5,13-17,19H2,1-2H3. The summed E-state index contributed by atoms with van der Waals surface area (Å²) in [7, 11) is 0. The molecule has 3 rings (SSSR count). The average Bonchev–Trinajstić information content (AvgIpc) is 2.98. The van der Waals surface area contributed by atoms with Crippen molar-refractivity contribution in [2.45, 2.75) is 52.2 Å². The molecule has 5 heteroatoms. The van der Waals surface area contributed by atoms with Crippen LogP contribution >= 0.6 is 0 Å². The summed E-state index contributed by atoms with van der Waals surface area (Å²) in [6.07, 6.45) is 12.8. The first kappa shape index (κ1) is 22.2. The molecular formula is C25H35N3O2. The summed E-state index contributed by atoms with van der Waals surface area (Å²) in [5.41, 5.74) is 3.06. The lowest BCUT2D eigenvalue weighted by Crippen LogP contribution is -2.35. The van der Waals surface area contributed by atoms with Gasteiger partial charge in [-0.05, 0) is 63.0 Å². The minimum atomic E-state index is 0.166. The van der Waals surface area contributed by atoms with Gasteiger partial charge in [-0.25, -0.2) is 0 Å². The van der Waals surface area contributed by atoms with Crippen LogP contribution in [0.3, 0.4) is 0 Å². The first-order chi connectivity index (χ1) is 14.6. The van der Waals surface area contributed by atoms with Gasteiger partial charge in [0.25, 0.3) is 5.91 Å². The third-order valence-electron chi connectivity index (χ3n) is 5.25. The molecule has 0 aromatic heterocycles. The zero-order valence-electron chi connectivity index (χ0n) is 18.3. The second-order valence-electron chi connectivity index (χ2n) is 8.18. The molecule has 1 aromatic rings. The average molecular weight is 410 g/mol. The number of benzene rings is 1. The SMILES string of the molecule is CC(C)OC1=CC=CC(NCCNCc2cccc(C(=O)N3CCCCC3)c2)=CC1. The van der Waals surface area contributed by atoms with E-state index in [1.165, 1.54) is 6.42 Å². The number of rotatable bonds is 9. The van der Waals surface area contributed by atoms with Gasteiger partial charge in [-0.3, -0.25) is 4.79 Å². The highest BCUT2D eigenvalue weighted by atomic mass is 16.5. The van der Waals surface area contributed by atoms with E-state index in [-0.39, 0.29) is 12.0 Å². The second kappa shape index (κ2) is 11.6. The maximum absolute atomic E-state index is 12.7. The van der Waals surface area contributed by atoms with Crippen molar-refractivity contribution in [2.24, 2.45) is 0 Å². The summed E-state index contributed by atoms with van der Waals surface area (Å²) >= 11 is 0. The van der Waals surface area contributed by atoms with Gasteiger partial charge in [0.15, 0.2) is 0 Å². The molecule has 1 saturated heterocycles. The van der Waals surface area contributed by atoms with Crippen LogP contribution in [0.2, 0.25) is 0 Å². The van der Waals surface area contributed by atoms with Crippen LogP contribution in [0.4, 0.5) is 0 Å². The number of allylic oxidation sites excluding steroid dienone is 4. The highest BCUT2D eigenvalue weighted by Crippen LogP contribution is 2.15. The smallest absolute Gasteiger partial charge is 0.253 e. The van der Waals surface area contributed by atoms with E-state index in [1.807, 2.05) is 49.1 Å². The van der Waals surface area contributed by atoms with E-state index in [0.29, 0.717) is 0 Å². The molecule has 1 fully saturated rings. The Labute approximate surface area is 180 Å². The molecule has 2 N–H and O–H groups in total. The Hall–Kier alpha value is -2.53. The normalized spacial score (nSPS) is 16.7. The molecule has 1 amide bonds. The monoisotopic (exact) mass is 409 g/mol. The Morgan fingerprint density at radius 2 is 2.00 bits per heavy atom. The highest BCUT2D eigenvalue weighted by Gasteiger charge is 2.18. The van der Waals surface area contributed by atoms with E-state index < -0.39 is 0 Å². The van der Waals surface area contributed by atoms with Gasteiger partial charge >= 0.3 is 0 Å². The van der Waals surface area contributed by atoms with Crippen molar-refractivity contribution in [3.8, 4) is 0 Å². The van der Waals surface area contributed by atoms with Crippen molar-refractivity contribution in [1.82, 2.24) is 15.5 Å². The summed E-state index contributed by atoms with van der Waals surface area (Å²) in [6.45, 7) is 8.30. The minimum absolute atomic E-state index is 0.166. The number of carbonyl (C=O) groups excluding carboxylic acids is 1. The van der Waals surface area contributed by atoms with E-state index in [1.54, 1.807) is 0 Å². The minimum Gasteiger partial charge on any atom is -0.495 e. The number of carbonyl (C=O) groups is 1. The lowest BCUT2D eigenvalue weighted by Gasteiger charge is -2.26. The number of piperidine rings is 1. The third kappa shape index (κ3) is 7.06. The van der Waals surface area contributed by atoms with E-state index in [2.05, 4.69) is 28.9 Å². The summed E-state index contributed by atoms with van der Waals surface area (Å²) in [6, 6.07) is 8.01. The van der Waals surface area contributed by atoms with Gasteiger partial charge in [-0.15, -0.1) is 0 Å². The molecule has 162 valence electrons. The predicted molar refractivity (Wildman–Crippen MR) is 122 cm³/mol. The molecule has 1 heterocycles. The topological polar surface area (TPSA) is 53.6 Å². The summed E-state index contributed by atoms with van der Waals surface area (Å²) in [5, 5.41) is 6.92. The van der Waals surface area contributed by atoms with Gasteiger partial charge in [-0.2, -0.15) is 0 Å². The lowest BCUT2D eigenvalue weighted by atomic mass is 10.1. The number of nitrogens with zero attached hydrogens (tertiary/aromatic N) is 1. The van der Waals surface area contributed by atoms with Crippen molar-refractivity contribution in [3.05, 3.63) is 71.2 Å². The Balaban J connectivity index is 1.39. The van der Waals surface area contributed by atoms with Gasteiger partial charge in [0.1, 0.15) is 5.76 Å². The molecule has 1 aromatic carbocycles. The van der Waals surface area contributed by atoms with Crippen LogP contribution in [-0.4, -0.2) is 43.1 Å². The molecule has 0 atom stereocenters. The van der Waals surface area contributed by atoms with Crippen LogP contribution in [-0.2, 0) is 11.3 Å². The number of likely N-dealkylation sites (tertiary alicyclic amines) is 1. The summed E-state index contributed by atoms with van der Waals surface area (Å²) < 4.78 is 5.77. The van der Waals surface area contributed by atoms with Crippen molar-refractivity contribution >= 4 is 5.91 Å². The summed E-state index contributed by atoms with van der Waals surface area (Å²) in [5.74, 6) is 1.16. The first-order valence-electron chi connectivity index (χ1n) is 11.2. The summed E-state index contributed by atoms with van der Waals surface area (Å²) in [4.78, 5) is 14.7. The zero-order chi connectivity index (χ0) is 21.2. The van der Waals surface area contributed by atoms with Gasteiger partial charge in [-0.1, -0.05) is 24.3 Å². The Kier molecular flexibility index (Phi) is 8.57. The third-order valence-corrected chi connectivity index (χ3v) is 5.25. The van der Waals surface area contributed by atoms with Gasteiger partial charge in [0, 0.05) is 50.4 Å². The molecule has 5 nitrogen and oxygen atoms in total. The predicted octanol–water partition coefficient (Wildman–Crippen LogP) is 4.14. The Bertz CT molecular complexity index is 789. The maximum atomic E-state index is 12.7. The van der Waals surface area contributed by atoms with Crippen LogP contribution in [0, 0.1) is 0 Å². The molecule has 2 aliphatic rings. The van der Waals surface area contributed by atoms with Gasteiger partial charge in [0.2, 0.25) is 0 Å². The van der Waals surface area contributed by atoms with Crippen LogP contribution in [0.1, 0.15) is 55.5 Å². The van der Waals surface area contributed by atoms with Crippen LogP contribution in [0.5, 0.6) is 0 Å². The fourth-order valence-electron chi connectivity index (χ4n) is 3.75. The molecule has 1 aliphatic carbocycles. The second-order valence-corrected chi connectivity index (χ2v) is 8.18. The maximum Gasteiger partial charge on any atom is 0.253 e. The van der Waals surface area contributed by atoms with E-state index in [0.717, 1.165) is 74.6 Å². The van der Waals surface area contributed by atoms with Crippen LogP contribution in [0.15, 0.2) is 60.0 Å². The molecule has 0 spiro atoms. The number of hydrogen-bond acceptors (Lipinski definition) is 4. The molecular weight excluding hydrogens is 374 g/mol. The van der Waals surface area contributed by atoms with Crippen molar-refractivity contribution in [3.63, 3.8) is 0 Å². The van der Waals surface area contributed by atoms with E-state index in [4.69, 9.17) is 4.74 Å². The Morgan fingerprint density at radius 3 is 2.80 bits per heavy atom. The quantitative estimate of drug-likeness (QED) is 0.602. The largest absolute Gasteiger partial charge is 0.495 e. The van der Waals surface area contributed by atoms with Gasteiger partial charge < -0.3 is 20.3 Å². The molecule has 0 radical (unpaired) electrons. The van der Waals surface area contributed by atoms with E-state index in [9.17, 15) is 4.79 Å². The van der Waals surface area contributed by atoms with Crippen molar-refractivity contribution in [1.29, 1.82) is 0 Å². The highest BCUT2D eigenvalue weighted by molar-refractivity contribution is 5.94. The van der Waals surface area contributed by atoms with Crippen LogP contribution < -0.4 is 10.6 Å². The van der Waals surface area contributed by atoms with Crippen LogP contribution in [0.25, 0.3) is 0 Å². The number of hydrogen-bond donors (Lipinski definition) is 2. The van der Waals surface area contributed by atoms with Crippen molar-refractivity contribution in [2.75, 3.05) is 26.2 Å².